The molecule has 4 heteroatoms. The molecule has 1 N–H and O–H groups in total. The van der Waals surface area contributed by atoms with Gasteiger partial charge in [0.1, 0.15) is 12.0 Å². The van der Waals surface area contributed by atoms with Gasteiger partial charge in [-0.2, -0.15) is 0 Å². The molecule has 6 bridgehead atoms. The summed E-state index contributed by atoms with van der Waals surface area (Å²) in [6.45, 7) is 6.32. The number of Topliss-reactive ketones (excluding diaryl/α,β-unsaturated/α-hetero) is 1. The Morgan fingerprint density at radius 2 is 2.08 bits per heavy atom. The van der Waals surface area contributed by atoms with Gasteiger partial charge >= 0.3 is 0 Å². The SMILES string of the molecule is C[C@@]12CCCC34C(C5CC6CC3C5(CC(=O)C41)C[C@]6(C)O)N1CCOC12. The van der Waals surface area contributed by atoms with Crippen molar-refractivity contribution in [2.45, 2.75) is 76.7 Å². The number of hydrogen-bond donors (Lipinski definition) is 1. The first-order valence-corrected chi connectivity index (χ1v) is 11.0. The molecule has 26 heavy (non-hydrogen) atoms. The van der Waals surface area contributed by atoms with Crippen molar-refractivity contribution in [2.24, 2.45) is 39.9 Å². The molecule has 2 spiro atoms. The lowest BCUT2D eigenvalue weighted by Gasteiger charge is -2.68. The third kappa shape index (κ3) is 1.28. The molecular formula is C22H31NO3. The van der Waals surface area contributed by atoms with Crippen LogP contribution in [-0.4, -0.2) is 46.8 Å². The van der Waals surface area contributed by atoms with Crippen molar-refractivity contribution in [3.63, 3.8) is 0 Å². The molecule has 0 aromatic carbocycles. The number of nitrogens with zero attached hydrogens (tertiary/aromatic N) is 1. The van der Waals surface area contributed by atoms with Gasteiger partial charge in [-0.25, -0.2) is 0 Å². The number of aliphatic hydroxyl groups is 1. The van der Waals surface area contributed by atoms with Crippen LogP contribution in [0.4, 0.5) is 0 Å². The van der Waals surface area contributed by atoms with E-state index in [1.807, 2.05) is 0 Å². The van der Waals surface area contributed by atoms with Gasteiger partial charge in [0.15, 0.2) is 0 Å². The monoisotopic (exact) mass is 357 g/mol. The van der Waals surface area contributed by atoms with Gasteiger partial charge in [0.25, 0.3) is 0 Å². The lowest BCUT2D eigenvalue weighted by atomic mass is 9.38. The summed E-state index contributed by atoms with van der Waals surface area (Å²) < 4.78 is 6.34. The lowest BCUT2D eigenvalue weighted by Crippen LogP contribution is -2.71. The van der Waals surface area contributed by atoms with Crippen LogP contribution in [0.1, 0.15) is 58.8 Å². The summed E-state index contributed by atoms with van der Waals surface area (Å²) in [6, 6.07) is 0.533. The number of carbonyl (C=O) groups is 1. The molecule has 6 aliphatic carbocycles. The number of ketones is 1. The van der Waals surface area contributed by atoms with Crippen LogP contribution in [0.15, 0.2) is 0 Å². The van der Waals surface area contributed by atoms with E-state index in [2.05, 4.69) is 18.7 Å². The molecule has 0 aromatic rings. The Morgan fingerprint density at radius 1 is 1.23 bits per heavy atom. The van der Waals surface area contributed by atoms with Gasteiger partial charge < -0.3 is 9.84 Å². The Bertz CT molecular complexity index is 735. The van der Waals surface area contributed by atoms with E-state index in [1.165, 1.54) is 19.3 Å². The number of ether oxygens (including phenoxy) is 1. The number of carbonyl (C=O) groups excluding carboxylic acids is 1. The third-order valence-corrected chi connectivity index (χ3v) is 10.8. The topological polar surface area (TPSA) is 49.8 Å². The largest absolute Gasteiger partial charge is 0.390 e. The molecule has 2 heterocycles. The summed E-state index contributed by atoms with van der Waals surface area (Å²) in [6.07, 6.45) is 7.70. The number of fused-ring (bicyclic) bond motifs is 4. The Balaban J connectivity index is 1.52. The van der Waals surface area contributed by atoms with Crippen molar-refractivity contribution in [1.82, 2.24) is 4.90 Å². The first kappa shape index (κ1) is 15.5. The fourth-order valence-electron chi connectivity index (χ4n) is 10.7. The highest BCUT2D eigenvalue weighted by atomic mass is 16.5. The molecule has 2 aliphatic heterocycles. The van der Waals surface area contributed by atoms with Gasteiger partial charge in [-0.3, -0.25) is 9.69 Å². The van der Waals surface area contributed by atoms with Crippen molar-refractivity contribution in [2.75, 3.05) is 13.2 Å². The Hall–Kier alpha value is -0.450. The Labute approximate surface area is 155 Å². The van der Waals surface area contributed by atoms with Crippen LogP contribution in [0, 0.1) is 39.9 Å². The van der Waals surface area contributed by atoms with Crippen LogP contribution in [0.25, 0.3) is 0 Å². The molecule has 4 nitrogen and oxygen atoms in total. The fourth-order valence-corrected chi connectivity index (χ4v) is 10.7. The quantitative estimate of drug-likeness (QED) is 0.724. The standard InChI is InChI=1S/C22H31NO3/c1-19-4-3-5-22-15-9-12-8-13(17(22)23-6-7-26-18(19)23)21(15,11-20(12,2)25)10-14(24)16(19)22/h12-13,15-18,25H,3-11H2,1-2H3/t12?,13?,15?,16?,17?,18?,19-,20+,21?,22?/m1/s1. The summed E-state index contributed by atoms with van der Waals surface area (Å²) in [5, 5.41) is 11.2. The normalized spacial score (nSPS) is 67.6. The van der Waals surface area contributed by atoms with Crippen LogP contribution < -0.4 is 0 Å². The fraction of sp³-hybridized carbons (Fsp3) is 0.955. The van der Waals surface area contributed by atoms with Crippen LogP contribution in [0.5, 0.6) is 0 Å². The first-order valence-electron chi connectivity index (χ1n) is 11.0. The van der Waals surface area contributed by atoms with Crippen molar-refractivity contribution < 1.29 is 14.6 Å². The molecule has 2 saturated heterocycles. The van der Waals surface area contributed by atoms with Crippen molar-refractivity contribution in [3.05, 3.63) is 0 Å². The average molecular weight is 357 g/mol. The first-order chi connectivity index (χ1) is 12.3. The molecule has 8 unspecified atom stereocenters. The van der Waals surface area contributed by atoms with Crippen molar-refractivity contribution in [1.29, 1.82) is 0 Å². The van der Waals surface area contributed by atoms with E-state index in [4.69, 9.17) is 4.74 Å². The van der Waals surface area contributed by atoms with Gasteiger partial charge in [-0.05, 0) is 62.2 Å². The third-order valence-electron chi connectivity index (χ3n) is 10.8. The number of piperidine rings is 1. The zero-order valence-electron chi connectivity index (χ0n) is 16.0. The highest BCUT2D eigenvalue weighted by Crippen LogP contribution is 2.83. The van der Waals surface area contributed by atoms with Crippen molar-refractivity contribution >= 4 is 5.78 Å². The van der Waals surface area contributed by atoms with E-state index in [0.29, 0.717) is 29.6 Å². The summed E-state index contributed by atoms with van der Waals surface area (Å²) in [7, 11) is 0. The second kappa shape index (κ2) is 4.11. The van der Waals surface area contributed by atoms with E-state index >= 15 is 0 Å². The molecular weight excluding hydrogens is 326 g/mol. The van der Waals surface area contributed by atoms with Crippen LogP contribution in [0.2, 0.25) is 0 Å². The minimum atomic E-state index is -0.566. The van der Waals surface area contributed by atoms with Gasteiger partial charge in [0.2, 0.25) is 0 Å². The maximum atomic E-state index is 13.7. The zero-order valence-corrected chi connectivity index (χ0v) is 16.0. The van der Waals surface area contributed by atoms with E-state index in [1.54, 1.807) is 0 Å². The molecule has 6 saturated carbocycles. The molecule has 10 atom stereocenters. The highest BCUT2D eigenvalue weighted by molar-refractivity contribution is 5.86. The van der Waals surface area contributed by atoms with Gasteiger partial charge in [-0.1, -0.05) is 13.3 Å². The lowest BCUT2D eigenvalue weighted by molar-refractivity contribution is -0.240. The molecule has 0 amide bonds. The summed E-state index contributed by atoms with van der Waals surface area (Å²) in [5.74, 6) is 2.43. The molecule has 142 valence electrons. The Kier molecular flexibility index (Phi) is 2.45. The maximum absolute atomic E-state index is 13.7. The Morgan fingerprint density at radius 3 is 2.92 bits per heavy atom. The molecule has 0 aromatic heterocycles. The number of rotatable bonds is 0. The van der Waals surface area contributed by atoms with Crippen molar-refractivity contribution in [3.8, 4) is 0 Å². The van der Waals surface area contributed by atoms with Gasteiger partial charge in [-0.15, -0.1) is 0 Å². The second-order valence-electron chi connectivity index (χ2n) is 11.5. The molecule has 8 fully saturated rings. The van der Waals surface area contributed by atoms with Crippen LogP contribution >= 0.6 is 0 Å². The average Bonchev–Trinajstić information content (AvgIpc) is 3.04. The van der Waals surface area contributed by atoms with Crippen LogP contribution in [-0.2, 0) is 9.53 Å². The van der Waals surface area contributed by atoms with E-state index in [0.717, 1.165) is 38.8 Å². The maximum Gasteiger partial charge on any atom is 0.137 e. The summed E-state index contributed by atoms with van der Waals surface area (Å²) in [4.78, 5) is 16.5. The number of hydrogen-bond acceptors (Lipinski definition) is 4. The molecule has 0 radical (unpaired) electrons. The van der Waals surface area contributed by atoms with Gasteiger partial charge in [0, 0.05) is 35.8 Å². The zero-order chi connectivity index (χ0) is 17.7. The van der Waals surface area contributed by atoms with Gasteiger partial charge in [0.05, 0.1) is 12.2 Å². The van der Waals surface area contributed by atoms with E-state index < -0.39 is 5.60 Å². The minimum Gasteiger partial charge on any atom is -0.390 e. The highest BCUT2D eigenvalue weighted by Gasteiger charge is 2.84. The van der Waals surface area contributed by atoms with E-state index in [9.17, 15) is 9.90 Å². The minimum absolute atomic E-state index is 0.00316. The second-order valence-corrected chi connectivity index (χ2v) is 11.5. The molecule has 8 aliphatic rings. The summed E-state index contributed by atoms with van der Waals surface area (Å²) in [5.41, 5.74) is -0.305. The predicted octanol–water partition coefficient (Wildman–Crippen LogP) is 2.59. The smallest absolute Gasteiger partial charge is 0.137 e. The molecule has 8 rings (SSSR count). The van der Waals surface area contributed by atoms with E-state index in [-0.39, 0.29) is 28.4 Å². The predicted molar refractivity (Wildman–Crippen MR) is 95.1 cm³/mol. The van der Waals surface area contributed by atoms with Crippen LogP contribution in [0.3, 0.4) is 0 Å². The summed E-state index contributed by atoms with van der Waals surface area (Å²) >= 11 is 0.